The molecule has 2 aliphatic carbocycles. The Labute approximate surface area is 331 Å². The van der Waals surface area contributed by atoms with E-state index in [-0.39, 0.29) is 47.6 Å². The summed E-state index contributed by atoms with van der Waals surface area (Å²) in [6.07, 6.45) is 14.4. The van der Waals surface area contributed by atoms with Gasteiger partial charge in [-0.3, -0.25) is 4.90 Å². The van der Waals surface area contributed by atoms with Crippen LogP contribution in [-0.4, -0.2) is 109 Å². The van der Waals surface area contributed by atoms with Crippen LogP contribution >= 0.6 is 9.47 Å². The molecule has 1 amide bonds. The molecule has 13 heteroatoms. The molecule has 0 N–H and O–H groups in total. The summed E-state index contributed by atoms with van der Waals surface area (Å²) in [5.41, 5.74) is 1.24. The van der Waals surface area contributed by atoms with E-state index in [4.69, 9.17) is 14.3 Å². The summed E-state index contributed by atoms with van der Waals surface area (Å²) < 4.78 is 8.91. The zero-order chi connectivity index (χ0) is 35.7. The summed E-state index contributed by atoms with van der Waals surface area (Å²) >= 11 is 0.930. The van der Waals surface area contributed by atoms with Gasteiger partial charge in [0.2, 0.25) is 0 Å². The number of piperidine rings is 1. The maximum absolute atomic E-state index is 14.9. The second kappa shape index (κ2) is 16.6. The summed E-state index contributed by atoms with van der Waals surface area (Å²) in [6.45, 7) is 7.57. The monoisotopic (exact) mass is 1090 g/mol. The number of amides is 1. The van der Waals surface area contributed by atoms with Gasteiger partial charge in [0.15, 0.2) is 0 Å². The number of para-hydroxylation sites is 2. The van der Waals surface area contributed by atoms with Crippen LogP contribution in [0, 0.1) is 29.1 Å². The Balaban J connectivity index is 1.34. The number of hydrogen-bond acceptors (Lipinski definition) is 8. The number of benzene rings is 1. The van der Waals surface area contributed by atoms with Crippen molar-refractivity contribution in [3.8, 4) is 0 Å². The number of hydrogen-bond donors (Lipinski definition) is 0. The second-order valence-electron chi connectivity index (χ2n) is 16.3. The SMILES string of the molecule is CC(CO/N=C(/c1nc2ccccc2n(C2CC3CCC(C2)N3C2CC3CCCCC(C3)C2)c1=O)C(C)CC(C)(C)C(=O)OP)C(=O)[N]([Tl])[Tl]. The molecule has 6 rings (SSSR count). The predicted octanol–water partition coefficient (Wildman–Crippen LogP) is 5.66. The van der Waals surface area contributed by atoms with Crippen LogP contribution in [0.25, 0.3) is 11.0 Å². The molecule has 266 valence electrons. The van der Waals surface area contributed by atoms with Gasteiger partial charge in [-0.25, -0.2) is 0 Å². The summed E-state index contributed by atoms with van der Waals surface area (Å²) in [5, 5.41) is 4.58. The average Bonchev–Trinajstić information content (AvgIpc) is 3.23. The molecular weight excluding hydrogens is 1030 g/mol. The van der Waals surface area contributed by atoms with Crippen molar-refractivity contribution in [2.45, 2.75) is 129 Å². The van der Waals surface area contributed by atoms with E-state index in [0.717, 1.165) is 35.7 Å². The standard InChI is InChI=1S/C37H52N5O5P.2Tl/c1-22(20-37(3,4)36(45)47-48)32(40-46-21-23(2)34(38)43)33-35(44)42(31-12-8-7-11-30(31)39-33)29-18-26-13-14-27(19-29)41(26)28-16-24-9-5-6-10-25(15-24)17-28;;/h7-8,11-12,22-29H,5-6,9-10,13-21,48H2,1-4H3;;/b40-32+;;. The minimum atomic E-state index is -0.842. The molecule has 0 radical (unpaired) electrons. The van der Waals surface area contributed by atoms with Gasteiger partial charge in [-0.15, -0.1) is 0 Å². The Morgan fingerprint density at radius 1 is 0.960 bits per heavy atom. The Morgan fingerprint density at radius 3 is 2.22 bits per heavy atom. The second-order valence-corrected chi connectivity index (χ2v) is 29.8. The molecule has 4 aliphatic rings. The van der Waals surface area contributed by atoms with E-state index in [2.05, 4.69) is 10.1 Å². The van der Waals surface area contributed by atoms with Crippen molar-refractivity contribution in [1.29, 1.82) is 0 Å². The Bertz CT molecular complexity index is 1620. The number of rotatable bonds is 11. The van der Waals surface area contributed by atoms with Crippen LogP contribution < -0.4 is 5.56 Å². The normalized spacial score (nSPS) is 28.4. The number of carbonyl (C=O) groups excluding carboxylic acids is 2. The Morgan fingerprint density at radius 2 is 1.60 bits per heavy atom. The van der Waals surface area contributed by atoms with Gasteiger partial charge in [0.25, 0.3) is 0 Å². The van der Waals surface area contributed by atoms with Crippen molar-refractivity contribution in [3.63, 3.8) is 0 Å². The maximum atomic E-state index is 14.9. The van der Waals surface area contributed by atoms with Gasteiger partial charge in [0.1, 0.15) is 0 Å². The quantitative estimate of drug-likeness (QED) is 0.124. The summed E-state index contributed by atoms with van der Waals surface area (Å²) in [7, 11) is 2.04. The van der Waals surface area contributed by atoms with Gasteiger partial charge < -0.3 is 0 Å². The van der Waals surface area contributed by atoms with Crippen molar-refractivity contribution in [2.75, 3.05) is 6.61 Å². The molecule has 2 saturated heterocycles. The van der Waals surface area contributed by atoms with Crippen LogP contribution in [-0.2, 0) is 19.0 Å². The van der Waals surface area contributed by atoms with Gasteiger partial charge in [-0.2, -0.15) is 0 Å². The average molecular weight is 1090 g/mol. The molecule has 7 atom stereocenters. The molecule has 4 fully saturated rings. The fraction of sp³-hybridized carbons (Fsp3) is 0.703. The molecule has 1 aromatic heterocycles. The fourth-order valence-corrected chi connectivity index (χ4v) is 12.1. The molecule has 0 spiro atoms. The number of aromatic nitrogens is 2. The predicted molar refractivity (Wildman–Crippen MR) is 199 cm³/mol. The number of oxime groups is 1. The molecule has 2 saturated carbocycles. The number of fused-ring (bicyclic) bond motifs is 5. The first-order chi connectivity index (χ1) is 23.9. The van der Waals surface area contributed by atoms with Crippen molar-refractivity contribution in [2.24, 2.45) is 34.2 Å². The third kappa shape index (κ3) is 8.37. The summed E-state index contributed by atoms with van der Waals surface area (Å²) in [4.78, 5) is 54.0. The summed E-state index contributed by atoms with van der Waals surface area (Å²) in [6, 6.07) is 9.64. The topological polar surface area (TPSA) is 106 Å². The van der Waals surface area contributed by atoms with E-state index in [1.165, 1.54) is 57.8 Å². The number of nitrogens with zero attached hydrogens (tertiary/aromatic N) is 5. The third-order valence-corrected chi connectivity index (χ3v) is 14.2. The van der Waals surface area contributed by atoms with Gasteiger partial charge in [-0.05, 0) is 43.9 Å². The minimum absolute atomic E-state index is 0.0579. The van der Waals surface area contributed by atoms with Crippen LogP contribution in [0.1, 0.15) is 116 Å². The van der Waals surface area contributed by atoms with Gasteiger partial charge >= 0.3 is 226 Å². The number of carbonyl (C=O) groups is 2. The third-order valence-electron chi connectivity index (χ3n) is 12.0. The van der Waals surface area contributed by atoms with Crippen LogP contribution in [0.15, 0.2) is 34.2 Å². The van der Waals surface area contributed by atoms with Crippen LogP contribution in [0.2, 0.25) is 0 Å². The molecule has 4 bridgehead atoms. The molecule has 3 heterocycles. The Kier molecular flexibility index (Phi) is 12.8. The van der Waals surface area contributed by atoms with Gasteiger partial charge in [0.05, 0.1) is 9.47 Å². The van der Waals surface area contributed by atoms with Gasteiger partial charge in [-0.1, -0.05) is 31.7 Å². The van der Waals surface area contributed by atoms with Crippen LogP contribution in [0.3, 0.4) is 0 Å². The van der Waals surface area contributed by atoms with Crippen molar-refractivity contribution < 1.29 is 19.0 Å². The van der Waals surface area contributed by atoms with E-state index in [1.54, 1.807) is 0 Å². The zero-order valence-corrected chi connectivity index (χ0v) is 40.3. The first-order valence-electron chi connectivity index (χ1n) is 18.6. The van der Waals surface area contributed by atoms with Gasteiger partial charge in [0, 0.05) is 18.1 Å². The van der Waals surface area contributed by atoms with Crippen LogP contribution in [0.4, 0.5) is 0 Å². The van der Waals surface area contributed by atoms with Crippen molar-refractivity contribution in [1.82, 2.24) is 15.0 Å². The Hall–Kier alpha value is -0.996. The zero-order valence-electron chi connectivity index (χ0n) is 30.1. The molecule has 2 aromatic rings. The fourth-order valence-electron chi connectivity index (χ4n) is 9.80. The molecule has 1 aromatic carbocycles. The summed E-state index contributed by atoms with van der Waals surface area (Å²) in [5.74, 6) is 0.770. The first-order valence-corrected chi connectivity index (χ1v) is 23.1. The van der Waals surface area contributed by atoms with Crippen LogP contribution in [0.5, 0.6) is 0 Å². The molecular formula is C37H52N5O5PTl2. The van der Waals surface area contributed by atoms with Crippen molar-refractivity contribution >= 4 is 90.2 Å². The van der Waals surface area contributed by atoms with E-state index >= 15 is 0 Å². The molecule has 7 unspecified atom stereocenters. The van der Waals surface area contributed by atoms with E-state index in [0.29, 0.717) is 82.4 Å². The van der Waals surface area contributed by atoms with E-state index < -0.39 is 5.41 Å². The van der Waals surface area contributed by atoms with E-state index in [1.807, 2.05) is 66.5 Å². The molecule has 2 aliphatic heterocycles. The van der Waals surface area contributed by atoms with E-state index in [9.17, 15) is 14.4 Å². The molecule has 50 heavy (non-hydrogen) atoms. The first kappa shape index (κ1) is 38.7. The molecule has 10 nitrogen and oxygen atoms in total. The van der Waals surface area contributed by atoms with Crippen molar-refractivity contribution in [3.05, 3.63) is 40.3 Å².